The van der Waals surface area contributed by atoms with Crippen molar-refractivity contribution >= 4 is 19.4 Å². The van der Waals surface area contributed by atoms with Gasteiger partial charge in [-0.2, -0.15) is 0 Å². The van der Waals surface area contributed by atoms with E-state index >= 15 is 0 Å². The van der Waals surface area contributed by atoms with E-state index in [1.807, 2.05) is 0 Å². The molecule has 14 heavy (non-hydrogen) atoms. The van der Waals surface area contributed by atoms with E-state index in [-0.39, 0.29) is 0 Å². The molecule has 0 aliphatic carbocycles. The second kappa shape index (κ2) is 6.06. The molecule has 0 aliphatic heterocycles. The molecule has 0 spiro atoms. The monoisotopic (exact) mass is 254 g/mol. The average molecular weight is 253 g/mol. The minimum absolute atomic E-state index is 0.622. The number of hydrogen-bond acceptors (Lipinski definition) is 0. The van der Waals surface area contributed by atoms with Gasteiger partial charge in [-0.05, 0) is 0 Å². The van der Waals surface area contributed by atoms with Gasteiger partial charge in [-0.15, -0.1) is 0 Å². The Hall–Kier alpha value is -0.521. The van der Waals surface area contributed by atoms with E-state index in [1.165, 1.54) is 22.9 Å². The van der Waals surface area contributed by atoms with Crippen LogP contribution in [0.15, 0.2) is 42.5 Å². The number of allylic oxidation sites excluding steroid dienone is 1. The van der Waals surface area contributed by atoms with Crippen molar-refractivity contribution in [3.05, 3.63) is 42.5 Å². The van der Waals surface area contributed by atoms with Gasteiger partial charge in [-0.25, -0.2) is 0 Å². The summed E-state index contributed by atoms with van der Waals surface area (Å²) in [7, 11) is 0. The summed E-state index contributed by atoms with van der Waals surface area (Å²) in [6.45, 7) is 8.40. The molecule has 0 heterocycles. The van der Waals surface area contributed by atoms with Gasteiger partial charge in [0, 0.05) is 0 Å². The van der Waals surface area contributed by atoms with E-state index in [9.17, 15) is 0 Å². The van der Waals surface area contributed by atoms with Crippen molar-refractivity contribution in [3.63, 3.8) is 0 Å². The molecule has 76 valence electrons. The molecule has 0 N–H and O–H groups in total. The number of rotatable bonds is 5. The van der Waals surface area contributed by atoms with Gasteiger partial charge in [0.15, 0.2) is 0 Å². The van der Waals surface area contributed by atoms with Crippen LogP contribution in [0.25, 0.3) is 0 Å². The van der Waals surface area contributed by atoms with Crippen LogP contribution in [0, 0.1) is 0 Å². The Morgan fingerprint density at radius 3 is 2.57 bits per heavy atom. The zero-order valence-electron chi connectivity index (χ0n) is 8.99. The molecule has 1 aromatic rings. The summed E-state index contributed by atoms with van der Waals surface area (Å²) in [6.07, 6.45) is 2.46. The molecule has 0 saturated heterocycles. The van der Waals surface area contributed by atoms with Gasteiger partial charge in [0.1, 0.15) is 0 Å². The van der Waals surface area contributed by atoms with Gasteiger partial charge in [0.2, 0.25) is 0 Å². The first-order valence-electron chi connectivity index (χ1n) is 5.04. The van der Waals surface area contributed by atoms with E-state index in [2.05, 4.69) is 50.8 Å². The molecule has 0 fully saturated rings. The Morgan fingerprint density at radius 1 is 1.36 bits per heavy atom. The first kappa shape index (κ1) is 11.6. The summed E-state index contributed by atoms with van der Waals surface area (Å²) < 4.78 is 1.51. The molecular formula is C13H18Se. The fraction of sp³-hybridized carbons (Fsp3) is 0.385. The number of hydrogen-bond donors (Lipinski definition) is 0. The van der Waals surface area contributed by atoms with Gasteiger partial charge in [0.05, 0.1) is 0 Å². The molecule has 0 aliphatic rings. The first-order valence-corrected chi connectivity index (χ1v) is 6.89. The standard InChI is InChI=1S/C13H18Se/c1-11(2)9-10-12(3)14-13-7-5-4-6-8-13/h4-8,12H,1,9-10H2,2-3H3. The number of benzene rings is 1. The fourth-order valence-corrected chi connectivity index (χ4v) is 3.37. The summed E-state index contributed by atoms with van der Waals surface area (Å²) in [5.74, 6) is 0. The van der Waals surface area contributed by atoms with Gasteiger partial charge in [0.25, 0.3) is 0 Å². The van der Waals surface area contributed by atoms with E-state index in [0.29, 0.717) is 15.0 Å². The normalized spacial score (nSPS) is 12.4. The van der Waals surface area contributed by atoms with Crippen molar-refractivity contribution in [1.82, 2.24) is 0 Å². The maximum atomic E-state index is 3.94. The van der Waals surface area contributed by atoms with Crippen molar-refractivity contribution in [3.8, 4) is 0 Å². The quantitative estimate of drug-likeness (QED) is 0.558. The molecule has 0 amide bonds. The summed E-state index contributed by atoms with van der Waals surface area (Å²) in [5.41, 5.74) is 1.31. The Kier molecular flexibility index (Phi) is 5.00. The SMILES string of the molecule is C=C(C)CCC(C)[Se]c1ccccc1. The molecule has 0 saturated carbocycles. The Balaban J connectivity index is 2.34. The van der Waals surface area contributed by atoms with Crippen molar-refractivity contribution < 1.29 is 0 Å². The summed E-state index contributed by atoms with van der Waals surface area (Å²) in [4.78, 5) is 0.821. The van der Waals surface area contributed by atoms with Crippen LogP contribution in [0.5, 0.6) is 0 Å². The third-order valence-corrected chi connectivity index (χ3v) is 4.54. The van der Waals surface area contributed by atoms with Gasteiger partial charge in [-0.3, -0.25) is 0 Å². The van der Waals surface area contributed by atoms with Crippen LogP contribution < -0.4 is 4.46 Å². The minimum atomic E-state index is 0.622. The van der Waals surface area contributed by atoms with Crippen molar-refractivity contribution in [2.24, 2.45) is 0 Å². The molecule has 1 rings (SSSR count). The summed E-state index contributed by atoms with van der Waals surface area (Å²) >= 11 is 0.622. The van der Waals surface area contributed by atoms with Crippen LogP contribution in [0.2, 0.25) is 4.82 Å². The van der Waals surface area contributed by atoms with Crippen LogP contribution in [-0.2, 0) is 0 Å². The predicted octanol–water partition coefficient (Wildman–Crippen LogP) is 3.18. The maximum absolute atomic E-state index is 3.94. The average Bonchev–Trinajstić information content (AvgIpc) is 2.16. The van der Waals surface area contributed by atoms with Crippen LogP contribution >= 0.6 is 0 Å². The van der Waals surface area contributed by atoms with Gasteiger partial charge in [-0.1, -0.05) is 0 Å². The molecule has 0 nitrogen and oxygen atoms in total. The van der Waals surface area contributed by atoms with Crippen molar-refractivity contribution in [2.45, 2.75) is 31.5 Å². The molecule has 0 radical (unpaired) electrons. The second-order valence-electron chi connectivity index (χ2n) is 3.74. The third-order valence-electron chi connectivity index (χ3n) is 2.06. The first-order chi connectivity index (χ1) is 6.68. The van der Waals surface area contributed by atoms with Crippen LogP contribution in [0.1, 0.15) is 26.7 Å². The fourth-order valence-electron chi connectivity index (χ4n) is 1.24. The van der Waals surface area contributed by atoms with E-state index < -0.39 is 0 Å². The predicted molar refractivity (Wildman–Crippen MR) is 65.3 cm³/mol. The van der Waals surface area contributed by atoms with E-state index in [4.69, 9.17) is 0 Å². The van der Waals surface area contributed by atoms with E-state index in [1.54, 1.807) is 0 Å². The third kappa shape index (κ3) is 4.64. The zero-order valence-corrected chi connectivity index (χ0v) is 10.7. The molecule has 0 bridgehead atoms. The van der Waals surface area contributed by atoms with Crippen molar-refractivity contribution in [2.75, 3.05) is 0 Å². The Labute approximate surface area is 93.6 Å². The molecule has 0 aromatic heterocycles. The zero-order chi connectivity index (χ0) is 10.4. The molecule has 1 unspecified atom stereocenters. The Morgan fingerprint density at radius 2 is 2.00 bits per heavy atom. The molecule has 1 aromatic carbocycles. The summed E-state index contributed by atoms with van der Waals surface area (Å²) in [5, 5.41) is 0. The van der Waals surface area contributed by atoms with Crippen molar-refractivity contribution in [1.29, 1.82) is 0 Å². The molecule has 1 heteroatoms. The van der Waals surface area contributed by atoms with Crippen LogP contribution in [0.4, 0.5) is 0 Å². The second-order valence-corrected chi connectivity index (χ2v) is 6.91. The Bertz CT molecular complexity index is 277. The van der Waals surface area contributed by atoms with Gasteiger partial charge >= 0.3 is 93.4 Å². The van der Waals surface area contributed by atoms with E-state index in [0.717, 1.165) is 4.82 Å². The molecular weight excluding hydrogens is 235 g/mol. The van der Waals surface area contributed by atoms with Crippen LogP contribution in [0.3, 0.4) is 0 Å². The van der Waals surface area contributed by atoms with Crippen LogP contribution in [-0.4, -0.2) is 15.0 Å². The molecule has 1 atom stereocenters. The topological polar surface area (TPSA) is 0 Å². The summed E-state index contributed by atoms with van der Waals surface area (Å²) in [6, 6.07) is 10.8. The van der Waals surface area contributed by atoms with Gasteiger partial charge < -0.3 is 0 Å².